The second-order valence-electron chi connectivity index (χ2n) is 8.40. The van der Waals surface area contributed by atoms with Gasteiger partial charge in [-0.25, -0.2) is 4.39 Å². The number of anilines is 1. The molecule has 1 saturated heterocycles. The van der Waals surface area contributed by atoms with E-state index in [9.17, 15) is 9.90 Å². The second kappa shape index (κ2) is 7.59. The predicted octanol–water partition coefficient (Wildman–Crippen LogP) is 3.43. The van der Waals surface area contributed by atoms with Crippen molar-refractivity contribution in [3.05, 3.63) is 42.3 Å². The Bertz CT molecular complexity index is 1330. The molecular weight excluding hydrogens is 413 g/mol. The van der Waals surface area contributed by atoms with Crippen molar-refractivity contribution in [2.75, 3.05) is 18.0 Å². The van der Waals surface area contributed by atoms with Crippen molar-refractivity contribution in [3.63, 3.8) is 0 Å². The molecule has 1 N–H and O–H groups in total. The van der Waals surface area contributed by atoms with E-state index in [4.69, 9.17) is 4.74 Å². The van der Waals surface area contributed by atoms with Crippen molar-refractivity contribution < 1.29 is 19.0 Å². The Balaban J connectivity index is 1.77. The highest BCUT2D eigenvalue weighted by atomic mass is 19.1. The number of rotatable bonds is 4. The van der Waals surface area contributed by atoms with Crippen LogP contribution < -0.4 is 4.90 Å². The highest BCUT2D eigenvalue weighted by Gasteiger charge is 2.28. The monoisotopic (exact) mass is 437 g/mol. The molecule has 0 amide bonds. The van der Waals surface area contributed by atoms with E-state index in [2.05, 4.69) is 15.1 Å². The lowest BCUT2D eigenvalue weighted by Gasteiger charge is -2.35. The third-order valence-corrected chi connectivity index (χ3v) is 5.89. The van der Waals surface area contributed by atoms with Gasteiger partial charge in [0.15, 0.2) is 5.82 Å². The zero-order valence-corrected chi connectivity index (χ0v) is 18.1. The number of nitrogens with zero attached hydrogens (tertiary/aromatic N) is 5. The number of carboxylic acids is 1. The van der Waals surface area contributed by atoms with Gasteiger partial charge >= 0.3 is 5.97 Å². The van der Waals surface area contributed by atoms with Gasteiger partial charge in [-0.1, -0.05) is 12.1 Å². The molecule has 1 aliphatic rings. The molecule has 166 valence electrons. The minimum absolute atomic E-state index is 0.00638. The zero-order valence-electron chi connectivity index (χ0n) is 18.1. The molecule has 2 aromatic carbocycles. The summed E-state index contributed by atoms with van der Waals surface area (Å²) in [5.74, 6) is -0.709. The summed E-state index contributed by atoms with van der Waals surface area (Å²) in [5, 5.41) is 19.8. The number of aliphatic carboxylic acids is 1. The fourth-order valence-electron chi connectivity index (χ4n) is 4.63. The van der Waals surface area contributed by atoms with Crippen LogP contribution in [0.15, 0.2) is 36.5 Å². The molecule has 0 aliphatic carbocycles. The van der Waals surface area contributed by atoms with Crippen LogP contribution in [-0.2, 0) is 23.1 Å². The normalized spacial score (nSPS) is 19.2. The highest BCUT2D eigenvalue weighted by molar-refractivity contribution is 6.04. The molecule has 0 spiro atoms. The van der Waals surface area contributed by atoms with Gasteiger partial charge in [-0.05, 0) is 37.6 Å². The standard InChI is InChI=1S/C23H24FN5O3/c1-13-10-28(11-14(2)32-13)23-22-16(5-4-6-19(22)29(26-23)12-21(30)31)17-8-20-15(7-18(17)24)9-25-27(20)3/h4-9,13-14H,10-12H2,1-3H3,(H,30,31)/t13-,14+. The Morgan fingerprint density at radius 2 is 1.94 bits per heavy atom. The second-order valence-corrected chi connectivity index (χ2v) is 8.40. The first kappa shape index (κ1) is 20.4. The lowest BCUT2D eigenvalue weighted by atomic mass is 9.99. The molecule has 2 atom stereocenters. The van der Waals surface area contributed by atoms with Gasteiger partial charge in [0.2, 0.25) is 0 Å². The summed E-state index contributed by atoms with van der Waals surface area (Å²) in [6, 6.07) is 8.75. The molecule has 0 bridgehead atoms. The summed E-state index contributed by atoms with van der Waals surface area (Å²) in [5.41, 5.74) is 2.56. The van der Waals surface area contributed by atoms with Crippen molar-refractivity contribution in [2.24, 2.45) is 7.05 Å². The third kappa shape index (κ3) is 3.38. The fourth-order valence-corrected chi connectivity index (χ4v) is 4.63. The number of ether oxygens (including phenoxy) is 1. The van der Waals surface area contributed by atoms with Crippen LogP contribution in [0, 0.1) is 5.82 Å². The maximum Gasteiger partial charge on any atom is 0.325 e. The smallest absolute Gasteiger partial charge is 0.325 e. The lowest BCUT2D eigenvalue weighted by Crippen LogP contribution is -2.45. The Morgan fingerprint density at radius 3 is 2.66 bits per heavy atom. The molecular formula is C23H24FN5O3. The summed E-state index contributed by atoms with van der Waals surface area (Å²) < 4.78 is 24.3. The average molecular weight is 437 g/mol. The van der Waals surface area contributed by atoms with Crippen molar-refractivity contribution in [2.45, 2.75) is 32.6 Å². The van der Waals surface area contributed by atoms with Crippen LogP contribution in [0.25, 0.3) is 32.9 Å². The van der Waals surface area contributed by atoms with E-state index < -0.39 is 5.97 Å². The van der Waals surface area contributed by atoms with Crippen LogP contribution in [0.4, 0.5) is 10.2 Å². The number of carbonyl (C=O) groups is 1. The van der Waals surface area contributed by atoms with Gasteiger partial charge in [0.05, 0.1) is 34.8 Å². The van der Waals surface area contributed by atoms with Crippen LogP contribution in [0.1, 0.15) is 13.8 Å². The Morgan fingerprint density at radius 1 is 1.19 bits per heavy atom. The number of aromatic nitrogens is 4. The summed E-state index contributed by atoms with van der Waals surface area (Å²) in [7, 11) is 1.82. The minimum atomic E-state index is -0.988. The van der Waals surface area contributed by atoms with E-state index in [0.717, 1.165) is 16.3 Å². The third-order valence-electron chi connectivity index (χ3n) is 5.89. The van der Waals surface area contributed by atoms with E-state index in [0.29, 0.717) is 35.6 Å². The molecule has 0 radical (unpaired) electrons. The largest absolute Gasteiger partial charge is 0.480 e. The summed E-state index contributed by atoms with van der Waals surface area (Å²) >= 11 is 0. The summed E-state index contributed by atoms with van der Waals surface area (Å²) in [6.45, 7) is 4.94. The predicted molar refractivity (Wildman–Crippen MR) is 119 cm³/mol. The van der Waals surface area contributed by atoms with Gasteiger partial charge < -0.3 is 14.7 Å². The van der Waals surface area contributed by atoms with Crippen molar-refractivity contribution in [1.29, 1.82) is 0 Å². The van der Waals surface area contributed by atoms with Gasteiger partial charge in [0.1, 0.15) is 12.4 Å². The molecule has 5 rings (SSSR count). The molecule has 3 heterocycles. The average Bonchev–Trinajstić information content (AvgIpc) is 3.27. The number of carboxylic acid groups (broad SMARTS) is 1. The maximum absolute atomic E-state index is 15.3. The number of fused-ring (bicyclic) bond motifs is 2. The van der Waals surface area contributed by atoms with Crippen LogP contribution >= 0.6 is 0 Å². The molecule has 0 unspecified atom stereocenters. The summed E-state index contributed by atoms with van der Waals surface area (Å²) in [6.07, 6.45) is 1.62. The van der Waals surface area contributed by atoms with Gasteiger partial charge in [-0.2, -0.15) is 10.2 Å². The molecule has 1 fully saturated rings. The molecule has 2 aromatic heterocycles. The Labute approximate surface area is 183 Å². The SMILES string of the molecule is C[C@@H]1CN(c2nn(CC(=O)O)c3cccc(-c4cc5c(cnn5C)cc4F)c23)C[C@H](C)O1. The molecule has 0 saturated carbocycles. The topological polar surface area (TPSA) is 85.4 Å². The van der Waals surface area contributed by atoms with Gasteiger partial charge in [0.25, 0.3) is 0 Å². The first-order valence-corrected chi connectivity index (χ1v) is 10.5. The van der Waals surface area contributed by atoms with Gasteiger partial charge in [0, 0.05) is 31.1 Å². The summed E-state index contributed by atoms with van der Waals surface area (Å²) in [4.78, 5) is 13.6. The Hall–Kier alpha value is -3.46. The number of aryl methyl sites for hydroxylation is 1. The number of hydrogen-bond donors (Lipinski definition) is 1. The zero-order chi connectivity index (χ0) is 22.6. The first-order valence-electron chi connectivity index (χ1n) is 10.5. The van der Waals surface area contributed by atoms with Gasteiger partial charge in [-0.3, -0.25) is 14.2 Å². The van der Waals surface area contributed by atoms with Crippen LogP contribution in [0.3, 0.4) is 0 Å². The molecule has 4 aromatic rings. The van der Waals surface area contributed by atoms with Crippen LogP contribution in [0.5, 0.6) is 0 Å². The molecule has 32 heavy (non-hydrogen) atoms. The van der Waals surface area contributed by atoms with Crippen molar-refractivity contribution in [3.8, 4) is 11.1 Å². The van der Waals surface area contributed by atoms with E-state index in [1.807, 2.05) is 33.0 Å². The van der Waals surface area contributed by atoms with Gasteiger partial charge in [-0.15, -0.1) is 0 Å². The first-order chi connectivity index (χ1) is 15.3. The minimum Gasteiger partial charge on any atom is -0.480 e. The Kier molecular flexibility index (Phi) is 4.85. The number of benzene rings is 2. The van der Waals surface area contributed by atoms with E-state index in [1.54, 1.807) is 23.0 Å². The maximum atomic E-state index is 15.3. The van der Waals surface area contributed by atoms with E-state index >= 15 is 4.39 Å². The van der Waals surface area contributed by atoms with E-state index in [-0.39, 0.29) is 24.6 Å². The lowest BCUT2D eigenvalue weighted by molar-refractivity contribution is -0.137. The van der Waals surface area contributed by atoms with E-state index in [1.165, 1.54) is 10.7 Å². The quantitative estimate of drug-likeness (QED) is 0.527. The fraction of sp³-hybridized carbons (Fsp3) is 0.348. The molecule has 1 aliphatic heterocycles. The number of morpholine rings is 1. The molecule has 9 heteroatoms. The number of halogens is 1. The van der Waals surface area contributed by atoms with Crippen LogP contribution in [0.2, 0.25) is 0 Å². The van der Waals surface area contributed by atoms with Crippen molar-refractivity contribution in [1.82, 2.24) is 19.6 Å². The number of hydrogen-bond acceptors (Lipinski definition) is 5. The van der Waals surface area contributed by atoms with Crippen molar-refractivity contribution >= 4 is 33.6 Å². The molecule has 8 nitrogen and oxygen atoms in total. The van der Waals surface area contributed by atoms with Crippen LogP contribution in [-0.4, -0.2) is 55.9 Å². The highest BCUT2D eigenvalue weighted by Crippen LogP contribution is 2.38.